The maximum Gasteiger partial charge on any atom is 0.229 e. The van der Waals surface area contributed by atoms with E-state index in [1.165, 1.54) is 0 Å². The number of nitrogens with zero attached hydrogens (tertiary/aromatic N) is 1. The molecule has 0 aliphatic rings. The van der Waals surface area contributed by atoms with Crippen LogP contribution in [0.5, 0.6) is 11.6 Å². The number of aryl methyl sites for hydroxylation is 2. The number of rotatable bonds is 3. The zero-order valence-electron chi connectivity index (χ0n) is 10.3. The van der Waals surface area contributed by atoms with Crippen molar-refractivity contribution in [1.82, 2.24) is 4.98 Å². The summed E-state index contributed by atoms with van der Waals surface area (Å²) in [5, 5.41) is 0. The van der Waals surface area contributed by atoms with Crippen molar-refractivity contribution in [1.29, 1.82) is 0 Å². The van der Waals surface area contributed by atoms with Gasteiger partial charge in [0.25, 0.3) is 0 Å². The lowest BCUT2D eigenvalue weighted by molar-refractivity contribution is 0.461. The average Bonchev–Trinajstić information content (AvgIpc) is 2.28. The highest BCUT2D eigenvalue weighted by molar-refractivity contribution is 7.80. The van der Waals surface area contributed by atoms with Crippen LogP contribution in [-0.4, -0.2) is 9.97 Å². The number of nitrogens with two attached hydrogens (primary N) is 1. The summed E-state index contributed by atoms with van der Waals surface area (Å²) in [6, 6.07) is 9.61. The maximum atomic E-state index is 5.75. The third kappa shape index (κ3) is 2.65. The minimum Gasteiger partial charge on any atom is -0.438 e. The largest absolute Gasteiger partial charge is 0.438 e. The number of hydrogen-bond donors (Lipinski definition) is 1. The lowest BCUT2D eigenvalue weighted by atomic mass is 10.1. The summed E-state index contributed by atoms with van der Waals surface area (Å²) in [5.74, 6) is 1.18. The first-order chi connectivity index (χ1) is 8.58. The number of aromatic nitrogens is 1. The lowest BCUT2D eigenvalue weighted by Crippen LogP contribution is -2.13. The van der Waals surface area contributed by atoms with Gasteiger partial charge in [0.2, 0.25) is 5.88 Å². The van der Waals surface area contributed by atoms with Gasteiger partial charge in [0.1, 0.15) is 10.7 Å². The number of thiocarbonyl (C=S) groups is 1. The molecule has 3 nitrogen and oxygen atoms in total. The summed E-state index contributed by atoms with van der Waals surface area (Å²) in [7, 11) is 0. The fourth-order valence-electron chi connectivity index (χ4n) is 1.70. The van der Waals surface area contributed by atoms with E-state index in [4.69, 9.17) is 22.7 Å². The molecule has 0 unspecified atom stereocenters. The van der Waals surface area contributed by atoms with Crippen LogP contribution in [-0.2, 0) is 0 Å². The molecule has 0 atom stereocenters. The predicted molar refractivity (Wildman–Crippen MR) is 76.1 cm³/mol. The van der Waals surface area contributed by atoms with Gasteiger partial charge in [0.15, 0.2) is 0 Å². The second-order valence-electron chi connectivity index (χ2n) is 4.09. The summed E-state index contributed by atoms with van der Waals surface area (Å²) in [4.78, 5) is 4.49. The fraction of sp³-hybridized carbons (Fsp3) is 0.143. The highest BCUT2D eigenvalue weighted by atomic mass is 32.1. The standard InChI is InChI=1S/C14H14N2OS/c1-9-4-3-5-11(8-9)17-14-12(13(15)18)10(2)6-7-16-14/h3-8H,1-2H3,(H2,15,18). The minimum absolute atomic E-state index is 0.295. The lowest BCUT2D eigenvalue weighted by Gasteiger charge is -2.11. The van der Waals surface area contributed by atoms with Gasteiger partial charge in [-0.15, -0.1) is 0 Å². The van der Waals surface area contributed by atoms with Crippen molar-refractivity contribution in [2.24, 2.45) is 5.73 Å². The van der Waals surface area contributed by atoms with Crippen molar-refractivity contribution < 1.29 is 4.74 Å². The van der Waals surface area contributed by atoms with Crippen molar-refractivity contribution in [3.05, 3.63) is 53.2 Å². The number of ether oxygens (including phenoxy) is 1. The predicted octanol–water partition coefficient (Wildman–Crippen LogP) is 3.12. The van der Waals surface area contributed by atoms with E-state index in [9.17, 15) is 0 Å². The summed E-state index contributed by atoms with van der Waals surface area (Å²) in [6.45, 7) is 3.93. The van der Waals surface area contributed by atoms with E-state index in [-0.39, 0.29) is 0 Å². The van der Waals surface area contributed by atoms with E-state index in [0.717, 1.165) is 16.9 Å². The molecule has 2 rings (SSSR count). The molecule has 1 aromatic heterocycles. The van der Waals surface area contributed by atoms with Gasteiger partial charge >= 0.3 is 0 Å². The normalized spacial score (nSPS) is 10.1. The van der Waals surface area contributed by atoms with Crippen LogP contribution in [0.15, 0.2) is 36.5 Å². The summed E-state index contributed by atoms with van der Waals surface area (Å²) >= 11 is 5.04. The Hall–Kier alpha value is -1.94. The van der Waals surface area contributed by atoms with Crippen LogP contribution in [0.25, 0.3) is 0 Å². The molecule has 18 heavy (non-hydrogen) atoms. The molecule has 0 amide bonds. The molecule has 0 saturated carbocycles. The Bertz CT molecular complexity index is 596. The van der Waals surface area contributed by atoms with Gasteiger partial charge in [0.05, 0.1) is 5.56 Å². The van der Waals surface area contributed by atoms with Gasteiger partial charge in [-0.25, -0.2) is 4.98 Å². The fourth-order valence-corrected chi connectivity index (χ4v) is 1.95. The Morgan fingerprint density at radius 1 is 1.28 bits per heavy atom. The smallest absolute Gasteiger partial charge is 0.229 e. The van der Waals surface area contributed by atoms with Gasteiger partial charge in [-0.1, -0.05) is 24.4 Å². The molecule has 0 spiro atoms. The molecule has 0 saturated heterocycles. The average molecular weight is 258 g/mol. The Labute approximate surface area is 112 Å². The Balaban J connectivity index is 2.40. The number of benzene rings is 1. The van der Waals surface area contributed by atoms with Crippen LogP contribution in [0.4, 0.5) is 0 Å². The van der Waals surface area contributed by atoms with E-state index in [2.05, 4.69) is 4.98 Å². The minimum atomic E-state index is 0.295. The van der Waals surface area contributed by atoms with E-state index < -0.39 is 0 Å². The van der Waals surface area contributed by atoms with Crippen LogP contribution in [0.3, 0.4) is 0 Å². The zero-order chi connectivity index (χ0) is 13.1. The summed E-state index contributed by atoms with van der Waals surface area (Å²) < 4.78 is 5.75. The monoisotopic (exact) mass is 258 g/mol. The second-order valence-corrected chi connectivity index (χ2v) is 4.53. The molecule has 1 heterocycles. The van der Waals surface area contributed by atoms with E-state index >= 15 is 0 Å². The first-order valence-corrected chi connectivity index (χ1v) is 5.98. The molecule has 4 heteroatoms. The van der Waals surface area contributed by atoms with E-state index in [1.54, 1.807) is 6.20 Å². The molecule has 0 bridgehead atoms. The molecular weight excluding hydrogens is 244 g/mol. The van der Waals surface area contributed by atoms with Crippen molar-refractivity contribution in [3.8, 4) is 11.6 Å². The number of pyridine rings is 1. The van der Waals surface area contributed by atoms with Crippen LogP contribution in [0.1, 0.15) is 16.7 Å². The molecule has 1 aromatic carbocycles. The van der Waals surface area contributed by atoms with Gasteiger partial charge in [-0.3, -0.25) is 0 Å². The number of hydrogen-bond acceptors (Lipinski definition) is 3. The third-order valence-corrected chi connectivity index (χ3v) is 2.78. The molecule has 0 radical (unpaired) electrons. The van der Waals surface area contributed by atoms with Gasteiger partial charge in [0, 0.05) is 6.20 Å². The van der Waals surface area contributed by atoms with E-state index in [0.29, 0.717) is 16.4 Å². The van der Waals surface area contributed by atoms with Gasteiger partial charge in [-0.05, 0) is 43.2 Å². The Morgan fingerprint density at radius 2 is 2.06 bits per heavy atom. The quantitative estimate of drug-likeness (QED) is 0.859. The molecule has 92 valence electrons. The molecular formula is C14H14N2OS. The van der Waals surface area contributed by atoms with Crippen LogP contribution >= 0.6 is 12.2 Å². The first-order valence-electron chi connectivity index (χ1n) is 5.58. The van der Waals surface area contributed by atoms with Gasteiger partial charge in [-0.2, -0.15) is 0 Å². The highest BCUT2D eigenvalue weighted by Crippen LogP contribution is 2.25. The molecule has 0 aliphatic carbocycles. The topological polar surface area (TPSA) is 48.1 Å². The molecule has 2 N–H and O–H groups in total. The zero-order valence-corrected chi connectivity index (χ0v) is 11.1. The van der Waals surface area contributed by atoms with Crippen LogP contribution in [0, 0.1) is 13.8 Å². The summed E-state index contributed by atoms with van der Waals surface area (Å²) in [6.07, 6.45) is 1.68. The highest BCUT2D eigenvalue weighted by Gasteiger charge is 2.11. The first kappa shape index (κ1) is 12.5. The maximum absolute atomic E-state index is 5.75. The van der Waals surface area contributed by atoms with Crippen LogP contribution < -0.4 is 10.5 Å². The van der Waals surface area contributed by atoms with E-state index in [1.807, 2.05) is 44.2 Å². The molecule has 2 aromatic rings. The van der Waals surface area contributed by atoms with Gasteiger partial charge < -0.3 is 10.5 Å². The van der Waals surface area contributed by atoms with Crippen molar-refractivity contribution in [2.45, 2.75) is 13.8 Å². The third-order valence-electron chi connectivity index (χ3n) is 2.57. The Kier molecular flexibility index (Phi) is 3.58. The summed E-state index contributed by atoms with van der Waals surface area (Å²) in [5.41, 5.74) is 8.48. The van der Waals surface area contributed by atoms with Crippen molar-refractivity contribution in [2.75, 3.05) is 0 Å². The molecule has 0 aliphatic heterocycles. The second kappa shape index (κ2) is 5.14. The van der Waals surface area contributed by atoms with Crippen molar-refractivity contribution in [3.63, 3.8) is 0 Å². The van der Waals surface area contributed by atoms with Crippen molar-refractivity contribution >= 4 is 17.2 Å². The molecule has 0 fully saturated rings. The Morgan fingerprint density at radius 3 is 2.72 bits per heavy atom. The SMILES string of the molecule is Cc1cccc(Oc2nccc(C)c2C(N)=S)c1. The van der Waals surface area contributed by atoms with Crippen LogP contribution in [0.2, 0.25) is 0 Å².